The summed E-state index contributed by atoms with van der Waals surface area (Å²) in [5.74, 6) is -3.59. The van der Waals surface area contributed by atoms with Crippen molar-refractivity contribution in [2.45, 2.75) is 37.3 Å². The van der Waals surface area contributed by atoms with E-state index < -0.39 is 66.8 Å². The molecule has 0 bridgehead atoms. The first kappa shape index (κ1) is 19.8. The van der Waals surface area contributed by atoms with Crippen LogP contribution in [0.4, 0.5) is 26.3 Å². The largest absolute Gasteiger partial charge is 0.471 e. The number of aromatic amines is 1. The molecule has 1 fully saturated rings. The van der Waals surface area contributed by atoms with Crippen LogP contribution in [0.5, 0.6) is 0 Å². The highest BCUT2D eigenvalue weighted by Crippen LogP contribution is 2.33. The zero-order valence-corrected chi connectivity index (χ0v) is 12.9. The highest BCUT2D eigenvalue weighted by Gasteiger charge is 2.49. The van der Waals surface area contributed by atoms with E-state index in [0.29, 0.717) is 0 Å². The van der Waals surface area contributed by atoms with E-state index in [9.17, 15) is 40.7 Å². The molecule has 2 rings (SSSR count). The van der Waals surface area contributed by atoms with Crippen molar-refractivity contribution in [3.05, 3.63) is 34.2 Å². The molecule has 2 amide bonds. The Balaban J connectivity index is 2.27. The summed E-state index contributed by atoms with van der Waals surface area (Å²) in [6.45, 7) is -0.806. The van der Waals surface area contributed by atoms with Crippen molar-refractivity contribution in [3.63, 3.8) is 0 Å². The molecule has 1 aliphatic rings. The predicted molar refractivity (Wildman–Crippen MR) is 75.2 cm³/mol. The van der Waals surface area contributed by atoms with Crippen LogP contribution < -0.4 is 10.9 Å². The van der Waals surface area contributed by atoms with Gasteiger partial charge in [0, 0.05) is 18.8 Å². The van der Waals surface area contributed by atoms with E-state index in [1.54, 1.807) is 5.32 Å². The fraction of sp³-hybridized carbons (Fsp3) is 0.500. The maximum atomic E-state index is 13.2. The van der Waals surface area contributed by atoms with Gasteiger partial charge < -0.3 is 15.2 Å². The van der Waals surface area contributed by atoms with Gasteiger partial charge in [0.05, 0.1) is 0 Å². The fourth-order valence-electron chi connectivity index (χ4n) is 2.67. The number of likely N-dealkylation sites (tertiary alicyclic amines) is 1. The first-order valence-corrected chi connectivity index (χ1v) is 7.34. The van der Waals surface area contributed by atoms with Gasteiger partial charge in [0.15, 0.2) is 0 Å². The molecule has 12 heteroatoms. The number of rotatable bonds is 2. The summed E-state index contributed by atoms with van der Waals surface area (Å²) in [6.07, 6.45) is -9.98. The molecule has 144 valence electrons. The molecule has 0 unspecified atom stereocenters. The second-order valence-corrected chi connectivity index (χ2v) is 5.67. The number of aromatic nitrogens is 1. The standard InChI is InChI=1S/C14H13F6N3O3/c15-13(16,17)9-4-3-7(22-12(26)14(18,19)20)6-23(9)11(25)8-2-1-5-21-10(8)24/h1-2,5,7,9H,3-4,6H2,(H,21,24)(H,22,26)/t7-,9-/m1/s1. The molecule has 1 aromatic heterocycles. The second-order valence-electron chi connectivity index (χ2n) is 5.67. The number of hydrogen-bond donors (Lipinski definition) is 2. The second kappa shape index (κ2) is 7.00. The summed E-state index contributed by atoms with van der Waals surface area (Å²) < 4.78 is 76.6. The van der Waals surface area contributed by atoms with Crippen LogP contribution in [0.3, 0.4) is 0 Å². The molecule has 1 aliphatic heterocycles. The van der Waals surface area contributed by atoms with Crippen LogP contribution in [-0.4, -0.2) is 52.7 Å². The minimum Gasteiger partial charge on any atom is -0.344 e. The van der Waals surface area contributed by atoms with Crippen LogP contribution in [0.2, 0.25) is 0 Å². The van der Waals surface area contributed by atoms with E-state index in [4.69, 9.17) is 0 Å². The molecule has 0 radical (unpaired) electrons. The first-order valence-electron chi connectivity index (χ1n) is 7.34. The molecule has 1 aromatic rings. The Bertz CT molecular complexity index is 742. The van der Waals surface area contributed by atoms with Gasteiger partial charge in [-0.3, -0.25) is 14.4 Å². The van der Waals surface area contributed by atoms with Crippen molar-refractivity contribution in [1.82, 2.24) is 15.2 Å². The van der Waals surface area contributed by atoms with Crippen molar-refractivity contribution in [1.29, 1.82) is 0 Å². The summed E-state index contributed by atoms with van der Waals surface area (Å²) in [7, 11) is 0. The van der Waals surface area contributed by atoms with Crippen LogP contribution in [0.1, 0.15) is 23.2 Å². The van der Waals surface area contributed by atoms with Gasteiger partial charge in [-0.1, -0.05) is 0 Å². The number of alkyl halides is 6. The topological polar surface area (TPSA) is 82.3 Å². The predicted octanol–water partition coefficient (Wildman–Crippen LogP) is 1.59. The highest BCUT2D eigenvalue weighted by atomic mass is 19.4. The van der Waals surface area contributed by atoms with E-state index in [2.05, 4.69) is 4.98 Å². The maximum Gasteiger partial charge on any atom is 0.471 e. The number of halogens is 6. The molecule has 2 N–H and O–H groups in total. The van der Waals surface area contributed by atoms with Crippen molar-refractivity contribution in [2.75, 3.05) is 6.54 Å². The van der Waals surface area contributed by atoms with Crippen LogP contribution in [0, 0.1) is 0 Å². The van der Waals surface area contributed by atoms with Gasteiger partial charge in [-0.05, 0) is 25.0 Å². The van der Waals surface area contributed by atoms with E-state index in [0.717, 1.165) is 6.07 Å². The molecular weight excluding hydrogens is 372 g/mol. The Kier molecular flexibility index (Phi) is 5.33. The number of pyridine rings is 1. The van der Waals surface area contributed by atoms with Crippen LogP contribution in [0.15, 0.2) is 23.1 Å². The normalized spacial score (nSPS) is 21.4. The Morgan fingerprint density at radius 2 is 1.81 bits per heavy atom. The van der Waals surface area contributed by atoms with Crippen LogP contribution in [0.25, 0.3) is 0 Å². The Hall–Kier alpha value is -2.53. The molecule has 0 spiro atoms. The number of H-pyrrole nitrogens is 1. The van der Waals surface area contributed by atoms with Crippen LogP contribution >= 0.6 is 0 Å². The average molecular weight is 385 g/mol. The van der Waals surface area contributed by atoms with E-state index in [-0.39, 0.29) is 4.90 Å². The third-order valence-electron chi connectivity index (χ3n) is 3.86. The monoisotopic (exact) mass is 385 g/mol. The molecule has 2 atom stereocenters. The molecule has 0 aliphatic carbocycles. The number of nitrogens with one attached hydrogen (secondary N) is 2. The smallest absolute Gasteiger partial charge is 0.344 e. The van der Waals surface area contributed by atoms with E-state index in [1.807, 2.05) is 0 Å². The molecule has 2 heterocycles. The maximum absolute atomic E-state index is 13.2. The third kappa shape index (κ3) is 4.35. The number of hydrogen-bond acceptors (Lipinski definition) is 3. The van der Waals surface area contributed by atoms with Gasteiger partial charge in [0.1, 0.15) is 11.6 Å². The Labute approximate surface area is 142 Å². The fourth-order valence-corrected chi connectivity index (χ4v) is 2.67. The molecule has 26 heavy (non-hydrogen) atoms. The zero-order valence-electron chi connectivity index (χ0n) is 12.9. The van der Waals surface area contributed by atoms with Crippen molar-refractivity contribution < 1.29 is 35.9 Å². The number of nitrogens with zero attached hydrogens (tertiary/aromatic N) is 1. The van der Waals surface area contributed by atoms with Gasteiger partial charge in [-0.25, -0.2) is 0 Å². The number of piperidine rings is 1. The molecule has 0 aromatic carbocycles. The summed E-state index contributed by atoms with van der Waals surface area (Å²) in [5, 5.41) is 1.57. The lowest BCUT2D eigenvalue weighted by atomic mass is 9.96. The van der Waals surface area contributed by atoms with Crippen molar-refractivity contribution in [2.24, 2.45) is 0 Å². The first-order chi connectivity index (χ1) is 11.9. The average Bonchev–Trinajstić information content (AvgIpc) is 2.52. The SMILES string of the molecule is O=C(c1ccc[nH]c1=O)N1C[C@H](NC(=O)C(F)(F)F)CC[C@@H]1C(F)(F)F. The summed E-state index contributed by atoms with van der Waals surface area (Å²) in [5.41, 5.74) is -1.51. The lowest BCUT2D eigenvalue weighted by Gasteiger charge is -2.40. The van der Waals surface area contributed by atoms with E-state index in [1.165, 1.54) is 12.3 Å². The summed E-state index contributed by atoms with van der Waals surface area (Å²) in [6, 6.07) is -1.36. The van der Waals surface area contributed by atoms with Gasteiger partial charge in [0.25, 0.3) is 11.5 Å². The van der Waals surface area contributed by atoms with Gasteiger partial charge in [-0.2, -0.15) is 26.3 Å². The molecular formula is C14H13F6N3O3. The lowest BCUT2D eigenvalue weighted by molar-refractivity contribution is -0.187. The Morgan fingerprint density at radius 3 is 2.35 bits per heavy atom. The lowest BCUT2D eigenvalue weighted by Crippen LogP contribution is -2.59. The van der Waals surface area contributed by atoms with Crippen molar-refractivity contribution >= 4 is 11.8 Å². The van der Waals surface area contributed by atoms with Gasteiger partial charge >= 0.3 is 18.3 Å². The molecule has 6 nitrogen and oxygen atoms in total. The minimum absolute atomic E-state index is 0.273. The zero-order chi connectivity index (χ0) is 19.7. The highest BCUT2D eigenvalue weighted by molar-refractivity contribution is 5.94. The molecule has 0 saturated carbocycles. The Morgan fingerprint density at radius 1 is 1.15 bits per heavy atom. The van der Waals surface area contributed by atoms with Crippen LogP contribution in [-0.2, 0) is 4.79 Å². The van der Waals surface area contributed by atoms with Gasteiger partial charge in [-0.15, -0.1) is 0 Å². The quantitative estimate of drug-likeness (QED) is 0.759. The summed E-state index contributed by atoms with van der Waals surface area (Å²) >= 11 is 0. The van der Waals surface area contributed by atoms with Crippen molar-refractivity contribution in [3.8, 4) is 0 Å². The molecule has 1 saturated heterocycles. The number of amides is 2. The van der Waals surface area contributed by atoms with Gasteiger partial charge in [0.2, 0.25) is 0 Å². The van der Waals surface area contributed by atoms with E-state index >= 15 is 0 Å². The number of carbonyl (C=O) groups excluding carboxylic acids is 2. The summed E-state index contributed by atoms with van der Waals surface area (Å²) in [4.78, 5) is 37.4. The minimum atomic E-state index is -5.20. The number of carbonyl (C=O) groups is 2. The third-order valence-corrected chi connectivity index (χ3v) is 3.86.